The van der Waals surface area contributed by atoms with E-state index in [9.17, 15) is 8.78 Å². The van der Waals surface area contributed by atoms with Crippen LogP contribution in [0.4, 0.5) is 14.6 Å². The van der Waals surface area contributed by atoms with Crippen molar-refractivity contribution in [2.24, 2.45) is 5.73 Å². The Labute approximate surface area is 170 Å². The van der Waals surface area contributed by atoms with E-state index < -0.39 is 5.82 Å². The first-order chi connectivity index (χ1) is 14.5. The highest BCUT2D eigenvalue weighted by Crippen LogP contribution is 2.25. The minimum atomic E-state index is -0.595. The fourth-order valence-electron chi connectivity index (χ4n) is 2.86. The first kappa shape index (κ1) is 19.6. The molecule has 0 saturated carbocycles. The molecule has 10 heteroatoms. The first-order valence-electron chi connectivity index (χ1n) is 9.25. The van der Waals surface area contributed by atoms with Gasteiger partial charge in [0.15, 0.2) is 17.5 Å². The van der Waals surface area contributed by atoms with Crippen molar-refractivity contribution < 1.29 is 13.3 Å². The van der Waals surface area contributed by atoms with E-state index in [0.717, 1.165) is 6.20 Å². The predicted octanol–water partition coefficient (Wildman–Crippen LogP) is 3.08. The van der Waals surface area contributed by atoms with Crippen molar-refractivity contribution in [2.75, 3.05) is 11.9 Å². The molecule has 4 aromatic rings. The molecule has 3 N–H and O–H groups in total. The minimum Gasteiger partial charge on any atom is -0.366 e. The van der Waals surface area contributed by atoms with Crippen LogP contribution in [0.15, 0.2) is 53.4 Å². The predicted molar refractivity (Wildman–Crippen MR) is 106 cm³/mol. The molecule has 8 nitrogen and oxygen atoms in total. The maximum atomic E-state index is 14.2. The molecule has 0 aliphatic rings. The van der Waals surface area contributed by atoms with Gasteiger partial charge in [-0.15, -0.1) is 0 Å². The summed E-state index contributed by atoms with van der Waals surface area (Å²) in [6.07, 6.45) is 2.50. The molecule has 0 radical (unpaired) electrons. The van der Waals surface area contributed by atoms with Crippen molar-refractivity contribution >= 4 is 5.82 Å². The maximum Gasteiger partial charge on any atom is 0.183 e. The molecule has 0 saturated heterocycles. The molecule has 3 heterocycles. The Morgan fingerprint density at radius 1 is 1.17 bits per heavy atom. The number of nitrogens with two attached hydrogens (primary N) is 1. The van der Waals surface area contributed by atoms with Crippen LogP contribution in [-0.4, -0.2) is 37.5 Å². The van der Waals surface area contributed by atoms with Gasteiger partial charge in [0.2, 0.25) is 0 Å². The second-order valence-corrected chi connectivity index (χ2v) is 6.80. The monoisotopic (exact) mass is 411 g/mol. The fourth-order valence-corrected chi connectivity index (χ4v) is 2.86. The Balaban J connectivity index is 1.73. The Morgan fingerprint density at radius 3 is 2.73 bits per heavy atom. The van der Waals surface area contributed by atoms with Gasteiger partial charge in [-0.25, -0.2) is 18.7 Å². The second-order valence-electron chi connectivity index (χ2n) is 6.80. The van der Waals surface area contributed by atoms with E-state index >= 15 is 0 Å². The van der Waals surface area contributed by atoms with Crippen LogP contribution >= 0.6 is 0 Å². The molecule has 0 aliphatic heterocycles. The van der Waals surface area contributed by atoms with Crippen LogP contribution in [0.5, 0.6) is 0 Å². The molecule has 1 aromatic carbocycles. The SMILES string of the molecule is CC(N)CNc1nc(-c2cc(-c3ccon3)n(Cc3ccccc3F)n2)ncc1F. The fraction of sp³-hybridized carbons (Fsp3) is 0.200. The smallest absolute Gasteiger partial charge is 0.183 e. The number of nitrogens with one attached hydrogen (secondary N) is 1. The van der Waals surface area contributed by atoms with Gasteiger partial charge in [0.25, 0.3) is 0 Å². The zero-order valence-electron chi connectivity index (χ0n) is 16.1. The van der Waals surface area contributed by atoms with Crippen LogP contribution in [0.3, 0.4) is 0 Å². The average Bonchev–Trinajstić information content (AvgIpc) is 3.39. The second kappa shape index (κ2) is 8.37. The van der Waals surface area contributed by atoms with Crippen molar-refractivity contribution in [3.63, 3.8) is 0 Å². The normalized spacial score (nSPS) is 12.1. The molecule has 3 aromatic heterocycles. The molecule has 0 aliphatic carbocycles. The van der Waals surface area contributed by atoms with Crippen molar-refractivity contribution in [3.05, 3.63) is 66.1 Å². The summed E-state index contributed by atoms with van der Waals surface area (Å²) in [7, 11) is 0. The number of rotatable bonds is 7. The van der Waals surface area contributed by atoms with Crippen LogP contribution in [0.1, 0.15) is 12.5 Å². The summed E-state index contributed by atoms with van der Waals surface area (Å²) in [5, 5.41) is 11.3. The van der Waals surface area contributed by atoms with Gasteiger partial charge in [0, 0.05) is 24.2 Å². The van der Waals surface area contributed by atoms with E-state index in [1.165, 1.54) is 12.3 Å². The van der Waals surface area contributed by atoms with E-state index in [1.807, 2.05) is 0 Å². The first-order valence-corrected chi connectivity index (χ1v) is 9.25. The van der Waals surface area contributed by atoms with Crippen molar-refractivity contribution in [3.8, 4) is 22.9 Å². The topological polar surface area (TPSA) is 108 Å². The Hall–Kier alpha value is -3.66. The van der Waals surface area contributed by atoms with E-state index in [1.54, 1.807) is 41.9 Å². The Bertz CT molecular complexity index is 1140. The lowest BCUT2D eigenvalue weighted by molar-refractivity contribution is 0.421. The summed E-state index contributed by atoms with van der Waals surface area (Å²) >= 11 is 0. The van der Waals surface area contributed by atoms with Gasteiger partial charge in [0.05, 0.1) is 18.4 Å². The molecule has 0 fully saturated rings. The number of aromatic nitrogens is 5. The van der Waals surface area contributed by atoms with E-state index in [2.05, 4.69) is 25.5 Å². The Morgan fingerprint density at radius 2 is 2.00 bits per heavy atom. The third-order valence-electron chi connectivity index (χ3n) is 4.32. The summed E-state index contributed by atoms with van der Waals surface area (Å²) < 4.78 is 34.7. The molecule has 4 rings (SSSR count). The molecular weight excluding hydrogens is 392 g/mol. The number of benzene rings is 1. The molecule has 1 atom stereocenters. The van der Waals surface area contributed by atoms with Crippen LogP contribution in [0.25, 0.3) is 22.9 Å². The van der Waals surface area contributed by atoms with E-state index in [0.29, 0.717) is 29.2 Å². The van der Waals surface area contributed by atoms with Gasteiger partial charge in [-0.1, -0.05) is 23.4 Å². The molecular formula is C20H19F2N7O. The zero-order valence-corrected chi connectivity index (χ0v) is 16.1. The molecule has 0 spiro atoms. The third-order valence-corrected chi connectivity index (χ3v) is 4.32. The highest BCUT2D eigenvalue weighted by atomic mass is 19.1. The third kappa shape index (κ3) is 4.18. The number of anilines is 1. The van der Waals surface area contributed by atoms with Gasteiger partial charge < -0.3 is 15.6 Å². The molecule has 30 heavy (non-hydrogen) atoms. The van der Waals surface area contributed by atoms with Crippen molar-refractivity contribution in [1.29, 1.82) is 0 Å². The number of nitrogens with zero attached hydrogens (tertiary/aromatic N) is 5. The highest BCUT2D eigenvalue weighted by molar-refractivity contribution is 5.63. The summed E-state index contributed by atoms with van der Waals surface area (Å²) in [5.41, 5.74) is 7.65. The quantitative estimate of drug-likeness (QED) is 0.481. The summed E-state index contributed by atoms with van der Waals surface area (Å²) in [4.78, 5) is 8.27. The summed E-state index contributed by atoms with van der Waals surface area (Å²) in [6, 6.07) is 9.61. The van der Waals surface area contributed by atoms with Crippen LogP contribution < -0.4 is 11.1 Å². The lowest BCUT2D eigenvalue weighted by Crippen LogP contribution is -2.26. The van der Waals surface area contributed by atoms with Crippen LogP contribution in [0, 0.1) is 11.6 Å². The van der Waals surface area contributed by atoms with Gasteiger partial charge in [-0.05, 0) is 19.1 Å². The average molecular weight is 411 g/mol. The van der Waals surface area contributed by atoms with Crippen molar-refractivity contribution in [1.82, 2.24) is 24.9 Å². The maximum absolute atomic E-state index is 14.2. The minimum absolute atomic E-state index is 0.0314. The van der Waals surface area contributed by atoms with Gasteiger partial charge in [-0.2, -0.15) is 5.10 Å². The molecule has 0 bridgehead atoms. The largest absolute Gasteiger partial charge is 0.366 e. The summed E-state index contributed by atoms with van der Waals surface area (Å²) in [6.45, 7) is 2.30. The Kier molecular flexibility index (Phi) is 5.48. The zero-order chi connectivity index (χ0) is 21.1. The number of hydrogen-bond acceptors (Lipinski definition) is 7. The molecule has 154 valence electrons. The van der Waals surface area contributed by atoms with E-state index in [4.69, 9.17) is 10.3 Å². The van der Waals surface area contributed by atoms with Gasteiger partial charge in [-0.3, -0.25) is 4.68 Å². The van der Waals surface area contributed by atoms with E-state index in [-0.39, 0.29) is 30.0 Å². The standard InChI is InChI=1S/C20H19F2N7O/c1-12(23)9-24-19-15(22)10-25-20(26-19)17-8-18(16-6-7-30-28-16)29(27-17)11-13-4-2-3-5-14(13)21/h2-8,10,12H,9,11,23H2,1H3,(H,24,25,26). The lowest BCUT2D eigenvalue weighted by Gasteiger charge is -2.09. The number of hydrogen-bond donors (Lipinski definition) is 2. The molecule has 0 amide bonds. The molecule has 1 unspecified atom stereocenters. The lowest BCUT2D eigenvalue weighted by atomic mass is 10.2. The van der Waals surface area contributed by atoms with Crippen LogP contribution in [-0.2, 0) is 6.54 Å². The van der Waals surface area contributed by atoms with Crippen LogP contribution in [0.2, 0.25) is 0 Å². The number of halogens is 2. The van der Waals surface area contributed by atoms with Gasteiger partial charge >= 0.3 is 0 Å². The van der Waals surface area contributed by atoms with Crippen molar-refractivity contribution in [2.45, 2.75) is 19.5 Å². The van der Waals surface area contributed by atoms with Gasteiger partial charge in [0.1, 0.15) is 23.5 Å². The summed E-state index contributed by atoms with van der Waals surface area (Å²) in [5.74, 6) is -0.701. The highest BCUT2D eigenvalue weighted by Gasteiger charge is 2.18.